The lowest BCUT2D eigenvalue weighted by atomic mass is 10.1. The molecule has 0 aromatic carbocycles. The summed E-state index contributed by atoms with van der Waals surface area (Å²) in [5.41, 5.74) is 0. The first-order valence-corrected chi connectivity index (χ1v) is 4.91. The summed E-state index contributed by atoms with van der Waals surface area (Å²) in [5, 5.41) is 10.8. The molecule has 0 aliphatic heterocycles. The summed E-state index contributed by atoms with van der Waals surface area (Å²) in [6, 6.07) is 0. The Hall–Kier alpha value is 0.310. The highest BCUT2D eigenvalue weighted by Crippen LogP contribution is 2.17. The number of hydrogen-bond acceptors (Lipinski definition) is 1. The van der Waals surface area contributed by atoms with Crippen molar-refractivity contribution in [1.29, 1.82) is 0 Å². The fourth-order valence-corrected chi connectivity index (χ4v) is 2.00. The topological polar surface area (TPSA) is 19.9 Å². The molecule has 0 bridgehead atoms. The molecule has 0 rings (SSSR count). The third-order valence-corrected chi connectivity index (χ3v) is 2.45. The smallest absolute Gasteiger partial charge is 0.0912 e. The van der Waals surface area contributed by atoms with E-state index in [0.29, 0.717) is 5.25 Å². The van der Waals surface area contributed by atoms with E-state index < -0.39 is 0 Å². The molecule has 0 saturated heterocycles. The first-order valence-electron chi connectivity index (χ1n) is 3.86. The predicted molar refractivity (Wildman–Crippen MR) is 46.9 cm³/mol. The van der Waals surface area contributed by atoms with Gasteiger partial charge in [0, 0.05) is 11.0 Å². The van der Waals surface area contributed by atoms with Crippen molar-refractivity contribution in [3.63, 3.8) is 0 Å². The minimum absolute atomic E-state index is 0.0626. The molecule has 2 heteroatoms. The van der Waals surface area contributed by atoms with Gasteiger partial charge in [-0.1, -0.05) is 20.8 Å². The number of hydrogen-bond donors (Lipinski definition) is 0. The van der Waals surface area contributed by atoms with Crippen molar-refractivity contribution in [2.75, 3.05) is 12.4 Å². The van der Waals surface area contributed by atoms with Crippen LogP contribution in [0, 0.1) is 5.92 Å². The van der Waals surface area contributed by atoms with Gasteiger partial charge in [0.2, 0.25) is 0 Å². The minimum atomic E-state index is 0.0626. The van der Waals surface area contributed by atoms with Gasteiger partial charge >= 0.3 is 0 Å². The Morgan fingerprint density at radius 3 is 2.30 bits per heavy atom. The van der Waals surface area contributed by atoms with Crippen LogP contribution in [-0.4, -0.2) is 17.6 Å². The highest BCUT2D eigenvalue weighted by Gasteiger charge is 2.03. The average molecular weight is 161 g/mol. The minimum Gasteiger partial charge on any atom is -0.236 e. The Balaban J connectivity index is 3.16. The van der Waals surface area contributed by atoms with Gasteiger partial charge in [-0.05, 0) is 12.3 Å². The van der Waals surface area contributed by atoms with Gasteiger partial charge in [0.15, 0.2) is 0 Å². The molecule has 0 aliphatic rings. The van der Waals surface area contributed by atoms with Crippen LogP contribution in [-0.2, 0) is 5.11 Å². The van der Waals surface area contributed by atoms with Crippen molar-refractivity contribution in [2.45, 2.75) is 32.4 Å². The van der Waals surface area contributed by atoms with Gasteiger partial charge in [0.25, 0.3) is 0 Å². The summed E-state index contributed by atoms with van der Waals surface area (Å²) < 4.78 is 0. The van der Waals surface area contributed by atoms with Crippen LogP contribution in [0.4, 0.5) is 0 Å². The van der Waals surface area contributed by atoms with Crippen molar-refractivity contribution in [1.82, 2.24) is 0 Å². The lowest BCUT2D eigenvalue weighted by Gasteiger charge is -2.11. The normalized spacial score (nSPS) is 14.1. The maximum Gasteiger partial charge on any atom is 0.0912 e. The molecule has 0 amide bonds. The molecule has 0 saturated carbocycles. The van der Waals surface area contributed by atoms with Crippen molar-refractivity contribution in [3.8, 4) is 0 Å². The van der Waals surface area contributed by atoms with E-state index in [1.807, 2.05) is 0 Å². The molecule has 1 nitrogen and oxygen atoms in total. The standard InChI is InChI=1S/C8H17OS/c1-7(2)6-8(3)10-5-4-9/h7-8H,4-6H2,1-3H3. The van der Waals surface area contributed by atoms with Crippen LogP contribution >= 0.6 is 11.8 Å². The van der Waals surface area contributed by atoms with Gasteiger partial charge in [-0.2, -0.15) is 11.8 Å². The van der Waals surface area contributed by atoms with Crippen LogP contribution in [0.2, 0.25) is 0 Å². The summed E-state index contributed by atoms with van der Waals surface area (Å²) in [6.07, 6.45) is 1.23. The number of thioether (sulfide) groups is 1. The predicted octanol–water partition coefficient (Wildman–Crippen LogP) is 2.58. The molecule has 0 fully saturated rings. The number of rotatable bonds is 5. The van der Waals surface area contributed by atoms with E-state index in [1.165, 1.54) is 6.42 Å². The fourth-order valence-electron chi connectivity index (χ4n) is 0.981. The molecule has 0 aromatic rings. The van der Waals surface area contributed by atoms with Gasteiger partial charge in [0.1, 0.15) is 0 Å². The molecular weight excluding hydrogens is 144 g/mol. The van der Waals surface area contributed by atoms with E-state index >= 15 is 0 Å². The van der Waals surface area contributed by atoms with Crippen molar-refractivity contribution >= 4 is 11.8 Å². The summed E-state index contributed by atoms with van der Waals surface area (Å²) in [5.74, 6) is 1.53. The Bertz CT molecular complexity index is 73.7. The molecular formula is C8H17OS. The molecule has 0 spiro atoms. The molecule has 0 heterocycles. The molecule has 1 radical (unpaired) electrons. The van der Waals surface area contributed by atoms with Crippen molar-refractivity contribution in [2.24, 2.45) is 5.92 Å². The van der Waals surface area contributed by atoms with Crippen molar-refractivity contribution < 1.29 is 5.11 Å². The third-order valence-electron chi connectivity index (χ3n) is 1.29. The lowest BCUT2D eigenvalue weighted by molar-refractivity contribution is 0.215. The van der Waals surface area contributed by atoms with Crippen LogP contribution in [0.5, 0.6) is 0 Å². The summed E-state index contributed by atoms with van der Waals surface area (Å²) >= 11 is 1.79. The SMILES string of the molecule is CC(C)CC(C)SCC[O]. The van der Waals surface area contributed by atoms with Gasteiger partial charge in [0.05, 0.1) is 6.61 Å². The monoisotopic (exact) mass is 161 g/mol. The maximum absolute atomic E-state index is 10.1. The highest BCUT2D eigenvalue weighted by atomic mass is 32.2. The van der Waals surface area contributed by atoms with Gasteiger partial charge in [-0.25, -0.2) is 5.11 Å². The second-order valence-corrected chi connectivity index (χ2v) is 4.56. The van der Waals surface area contributed by atoms with E-state index in [4.69, 9.17) is 0 Å². The van der Waals surface area contributed by atoms with Crippen LogP contribution in [0.15, 0.2) is 0 Å². The molecule has 0 aliphatic carbocycles. The van der Waals surface area contributed by atoms with E-state index in [-0.39, 0.29) is 6.61 Å². The molecule has 1 atom stereocenters. The average Bonchev–Trinajstić information content (AvgIpc) is 1.82. The third kappa shape index (κ3) is 6.43. The van der Waals surface area contributed by atoms with E-state index in [2.05, 4.69) is 20.8 Å². The first kappa shape index (κ1) is 10.3. The Morgan fingerprint density at radius 1 is 1.30 bits per heavy atom. The highest BCUT2D eigenvalue weighted by molar-refractivity contribution is 7.99. The Morgan fingerprint density at radius 2 is 1.90 bits per heavy atom. The fraction of sp³-hybridized carbons (Fsp3) is 1.00. The second-order valence-electron chi connectivity index (χ2n) is 3.02. The van der Waals surface area contributed by atoms with E-state index in [1.54, 1.807) is 11.8 Å². The van der Waals surface area contributed by atoms with Gasteiger partial charge in [-0.15, -0.1) is 0 Å². The zero-order valence-electron chi connectivity index (χ0n) is 7.09. The van der Waals surface area contributed by atoms with Crippen LogP contribution in [0.25, 0.3) is 0 Å². The Kier molecular flexibility index (Phi) is 6.24. The zero-order chi connectivity index (χ0) is 7.98. The molecule has 1 unspecified atom stereocenters. The van der Waals surface area contributed by atoms with Crippen LogP contribution in [0.1, 0.15) is 27.2 Å². The molecule has 61 valence electrons. The lowest BCUT2D eigenvalue weighted by Crippen LogP contribution is -2.03. The summed E-state index contributed by atoms with van der Waals surface area (Å²) in [6.45, 7) is 6.69. The Labute approximate surface area is 68.2 Å². The quantitative estimate of drug-likeness (QED) is 0.606. The maximum atomic E-state index is 10.1. The summed E-state index contributed by atoms with van der Waals surface area (Å²) in [7, 11) is 0. The van der Waals surface area contributed by atoms with E-state index in [9.17, 15) is 5.11 Å². The van der Waals surface area contributed by atoms with E-state index in [0.717, 1.165) is 11.7 Å². The molecule has 0 N–H and O–H groups in total. The first-order chi connectivity index (χ1) is 4.66. The van der Waals surface area contributed by atoms with Crippen LogP contribution in [0.3, 0.4) is 0 Å². The van der Waals surface area contributed by atoms with Crippen molar-refractivity contribution in [3.05, 3.63) is 0 Å². The molecule has 10 heavy (non-hydrogen) atoms. The van der Waals surface area contributed by atoms with Gasteiger partial charge < -0.3 is 0 Å². The summed E-state index contributed by atoms with van der Waals surface area (Å²) in [4.78, 5) is 0. The largest absolute Gasteiger partial charge is 0.236 e. The zero-order valence-corrected chi connectivity index (χ0v) is 7.91. The van der Waals surface area contributed by atoms with Crippen LogP contribution < -0.4 is 0 Å². The molecule has 0 aromatic heterocycles. The van der Waals surface area contributed by atoms with Gasteiger partial charge in [-0.3, -0.25) is 0 Å². The second kappa shape index (κ2) is 6.05.